The molecule has 0 aliphatic rings. The lowest BCUT2D eigenvalue weighted by atomic mass is 9.83. The smallest absolute Gasteiger partial charge is 0.349 e. The maximum absolute atomic E-state index is 12.1. The van der Waals surface area contributed by atoms with E-state index in [1.54, 1.807) is 0 Å². The largest absolute Gasteiger partial charge is 0.469 e. The zero-order chi connectivity index (χ0) is 20.7. The number of aliphatic hydroxyl groups is 1. The lowest BCUT2D eigenvalue weighted by Crippen LogP contribution is -2.60. The molecule has 4 N–H and O–H groups in total. The number of carbonyl (C=O) groups is 4. The maximum Gasteiger partial charge on any atom is 0.349 e. The van der Waals surface area contributed by atoms with Crippen molar-refractivity contribution in [1.29, 1.82) is 0 Å². The minimum atomic E-state index is -1.57. The SMILES string of the molecule is CNC(=O)C(NC(=O)N(O)C(=O)[C@@H](O)CCC(C)C)C(C)(C)C(=O)OC. The summed E-state index contributed by atoms with van der Waals surface area (Å²) in [5, 5.41) is 23.6. The molecule has 2 atom stereocenters. The molecular weight excluding hydrogens is 346 g/mol. The first-order chi connectivity index (χ1) is 11.9. The number of likely N-dealkylation sites (N-methyl/N-ethyl adjacent to an activating group) is 1. The summed E-state index contributed by atoms with van der Waals surface area (Å²) in [5.74, 6) is -2.51. The predicted octanol–water partition coefficient (Wildman–Crippen LogP) is 0.0247. The summed E-state index contributed by atoms with van der Waals surface area (Å²) in [6.45, 7) is 6.51. The van der Waals surface area contributed by atoms with Gasteiger partial charge in [0.05, 0.1) is 12.5 Å². The van der Waals surface area contributed by atoms with Crippen molar-refractivity contribution >= 4 is 23.8 Å². The standard InChI is InChI=1S/C16H29N3O7/c1-9(2)7-8-10(20)13(22)19(25)15(24)18-11(12(21)17-5)16(3,4)14(23)26-6/h9-11,20,25H,7-8H2,1-6H3,(H,17,21)(H,18,24)/t10-,11?/m0/s1. The average Bonchev–Trinajstić information content (AvgIpc) is 2.60. The van der Waals surface area contributed by atoms with E-state index < -0.39 is 41.4 Å². The molecule has 26 heavy (non-hydrogen) atoms. The van der Waals surface area contributed by atoms with E-state index in [0.717, 1.165) is 7.11 Å². The molecule has 10 nitrogen and oxygen atoms in total. The van der Waals surface area contributed by atoms with Gasteiger partial charge in [0.2, 0.25) is 5.91 Å². The number of carbonyl (C=O) groups excluding carboxylic acids is 4. The van der Waals surface area contributed by atoms with Gasteiger partial charge >= 0.3 is 12.0 Å². The lowest BCUT2D eigenvalue weighted by Gasteiger charge is -2.31. The topological polar surface area (TPSA) is 145 Å². The van der Waals surface area contributed by atoms with Gasteiger partial charge in [0, 0.05) is 7.05 Å². The van der Waals surface area contributed by atoms with Crippen LogP contribution >= 0.6 is 0 Å². The van der Waals surface area contributed by atoms with E-state index in [9.17, 15) is 29.5 Å². The molecule has 0 aromatic carbocycles. The number of nitrogens with one attached hydrogen (secondary N) is 2. The van der Waals surface area contributed by atoms with Crippen LogP contribution in [-0.2, 0) is 19.1 Å². The molecule has 0 radical (unpaired) electrons. The van der Waals surface area contributed by atoms with Crippen LogP contribution in [0, 0.1) is 11.3 Å². The second-order valence-electron chi connectivity index (χ2n) is 6.85. The molecule has 150 valence electrons. The number of aliphatic hydroxyl groups excluding tert-OH is 1. The molecule has 0 fully saturated rings. The van der Waals surface area contributed by atoms with E-state index in [4.69, 9.17) is 0 Å². The minimum Gasteiger partial charge on any atom is -0.469 e. The maximum atomic E-state index is 12.1. The van der Waals surface area contributed by atoms with E-state index in [0.29, 0.717) is 6.42 Å². The Balaban J connectivity index is 5.23. The van der Waals surface area contributed by atoms with Gasteiger partial charge in [-0.3, -0.25) is 19.6 Å². The highest BCUT2D eigenvalue weighted by atomic mass is 16.5. The zero-order valence-electron chi connectivity index (χ0n) is 16.0. The van der Waals surface area contributed by atoms with Gasteiger partial charge in [0.25, 0.3) is 5.91 Å². The number of nitrogens with zero attached hydrogens (tertiary/aromatic N) is 1. The second-order valence-corrected chi connectivity index (χ2v) is 6.85. The van der Waals surface area contributed by atoms with Crippen molar-refractivity contribution in [2.75, 3.05) is 14.2 Å². The van der Waals surface area contributed by atoms with E-state index in [-0.39, 0.29) is 17.4 Å². The van der Waals surface area contributed by atoms with Gasteiger partial charge < -0.3 is 20.5 Å². The van der Waals surface area contributed by atoms with E-state index in [1.165, 1.54) is 20.9 Å². The first-order valence-electron chi connectivity index (χ1n) is 8.21. The lowest BCUT2D eigenvalue weighted by molar-refractivity contribution is -0.163. The molecule has 0 aliphatic carbocycles. The molecule has 0 heterocycles. The molecule has 0 spiro atoms. The van der Waals surface area contributed by atoms with Crippen LogP contribution in [0.15, 0.2) is 0 Å². The second kappa shape index (κ2) is 10.1. The van der Waals surface area contributed by atoms with E-state index in [2.05, 4.69) is 15.4 Å². The number of amides is 4. The van der Waals surface area contributed by atoms with Gasteiger partial charge in [-0.15, -0.1) is 5.06 Å². The van der Waals surface area contributed by atoms with Crippen molar-refractivity contribution < 1.29 is 34.2 Å². The van der Waals surface area contributed by atoms with Crippen LogP contribution in [0.5, 0.6) is 0 Å². The molecular formula is C16H29N3O7. The molecule has 10 heteroatoms. The highest BCUT2D eigenvalue weighted by Gasteiger charge is 2.44. The molecule has 0 saturated heterocycles. The number of hydrogen-bond donors (Lipinski definition) is 4. The first-order valence-corrected chi connectivity index (χ1v) is 8.21. The molecule has 0 aromatic heterocycles. The van der Waals surface area contributed by atoms with Gasteiger partial charge in [-0.05, 0) is 32.6 Å². The Hall–Kier alpha value is -2.20. The van der Waals surface area contributed by atoms with Gasteiger partial charge in [-0.1, -0.05) is 13.8 Å². The third kappa shape index (κ3) is 6.26. The minimum absolute atomic E-state index is 0.0629. The third-order valence-corrected chi connectivity index (χ3v) is 3.91. The monoisotopic (exact) mass is 375 g/mol. The average molecular weight is 375 g/mol. The Labute approximate surface area is 152 Å². The zero-order valence-corrected chi connectivity index (χ0v) is 16.0. The van der Waals surface area contributed by atoms with Crippen LogP contribution < -0.4 is 10.6 Å². The normalized spacial score (nSPS) is 13.6. The van der Waals surface area contributed by atoms with Crippen LogP contribution in [0.1, 0.15) is 40.5 Å². The molecule has 0 aliphatic heterocycles. The fourth-order valence-electron chi connectivity index (χ4n) is 2.14. The Morgan fingerprint density at radius 1 is 1.15 bits per heavy atom. The molecule has 0 saturated carbocycles. The fraction of sp³-hybridized carbons (Fsp3) is 0.750. The van der Waals surface area contributed by atoms with Crippen molar-refractivity contribution in [2.45, 2.75) is 52.7 Å². The summed E-state index contributed by atoms with van der Waals surface area (Å²) < 4.78 is 4.62. The molecule has 4 amide bonds. The quantitative estimate of drug-likeness (QED) is 0.266. The van der Waals surface area contributed by atoms with E-state index in [1.807, 2.05) is 13.8 Å². The number of hydroxylamine groups is 2. The Morgan fingerprint density at radius 3 is 2.12 bits per heavy atom. The summed E-state index contributed by atoms with van der Waals surface area (Å²) in [4.78, 5) is 48.0. The summed E-state index contributed by atoms with van der Waals surface area (Å²) in [5.41, 5.74) is -1.48. The third-order valence-electron chi connectivity index (χ3n) is 3.91. The van der Waals surface area contributed by atoms with Crippen LogP contribution in [0.2, 0.25) is 0 Å². The van der Waals surface area contributed by atoms with Crippen LogP contribution in [-0.4, -0.2) is 65.5 Å². The van der Waals surface area contributed by atoms with Gasteiger partial charge in [-0.2, -0.15) is 0 Å². The van der Waals surface area contributed by atoms with E-state index >= 15 is 0 Å². The number of esters is 1. The Kier molecular flexibility index (Phi) is 9.22. The van der Waals surface area contributed by atoms with Gasteiger partial charge in [0.15, 0.2) is 0 Å². The van der Waals surface area contributed by atoms with Gasteiger partial charge in [0.1, 0.15) is 12.1 Å². The Morgan fingerprint density at radius 2 is 1.69 bits per heavy atom. The molecule has 0 bridgehead atoms. The van der Waals surface area contributed by atoms with Gasteiger partial charge in [-0.25, -0.2) is 4.79 Å². The number of urea groups is 1. The van der Waals surface area contributed by atoms with Crippen molar-refractivity contribution in [3.63, 3.8) is 0 Å². The number of ether oxygens (including phenoxy) is 1. The van der Waals surface area contributed by atoms with Crippen LogP contribution in [0.3, 0.4) is 0 Å². The van der Waals surface area contributed by atoms with Crippen LogP contribution in [0.25, 0.3) is 0 Å². The molecule has 0 aromatic rings. The van der Waals surface area contributed by atoms with Crippen molar-refractivity contribution in [3.05, 3.63) is 0 Å². The first kappa shape index (κ1) is 23.8. The number of hydrogen-bond acceptors (Lipinski definition) is 7. The summed E-state index contributed by atoms with van der Waals surface area (Å²) >= 11 is 0. The fourth-order valence-corrected chi connectivity index (χ4v) is 2.14. The predicted molar refractivity (Wildman–Crippen MR) is 90.9 cm³/mol. The summed E-state index contributed by atoms with van der Waals surface area (Å²) in [7, 11) is 2.42. The Bertz CT molecular complexity index is 534. The highest BCUT2D eigenvalue weighted by molar-refractivity contribution is 5.98. The summed E-state index contributed by atoms with van der Waals surface area (Å²) in [6, 6.07) is -2.77. The number of imide groups is 1. The van der Waals surface area contributed by atoms with Crippen LogP contribution in [0.4, 0.5) is 4.79 Å². The van der Waals surface area contributed by atoms with Crippen molar-refractivity contribution in [1.82, 2.24) is 15.7 Å². The van der Waals surface area contributed by atoms with Crippen molar-refractivity contribution in [2.24, 2.45) is 11.3 Å². The highest BCUT2D eigenvalue weighted by Crippen LogP contribution is 2.23. The van der Waals surface area contributed by atoms with Crippen molar-refractivity contribution in [3.8, 4) is 0 Å². The summed E-state index contributed by atoms with van der Waals surface area (Å²) in [6.07, 6.45) is -0.994. The number of methoxy groups -OCH3 is 1. The molecule has 0 rings (SSSR count). The molecule has 1 unspecified atom stereocenters. The number of rotatable bonds is 8.